The number of methoxy groups -OCH3 is 1. The molecule has 1 fully saturated rings. The molecule has 1 aromatic heterocycles. The summed E-state index contributed by atoms with van der Waals surface area (Å²) in [4.78, 5) is 26.4. The fourth-order valence-corrected chi connectivity index (χ4v) is 4.41. The van der Waals surface area contributed by atoms with Gasteiger partial charge in [-0.25, -0.2) is 0 Å². The van der Waals surface area contributed by atoms with Crippen LogP contribution in [0.25, 0.3) is 0 Å². The third-order valence-electron chi connectivity index (χ3n) is 5.34. The summed E-state index contributed by atoms with van der Waals surface area (Å²) in [7, 11) is 1.64. The van der Waals surface area contributed by atoms with E-state index in [9.17, 15) is 9.59 Å². The summed E-state index contributed by atoms with van der Waals surface area (Å²) in [6.45, 7) is 4.55. The van der Waals surface area contributed by atoms with Crippen molar-refractivity contribution >= 4 is 23.6 Å². The number of likely N-dealkylation sites (tertiary alicyclic amines) is 1. The summed E-state index contributed by atoms with van der Waals surface area (Å²) in [6.07, 6.45) is 4.46. The summed E-state index contributed by atoms with van der Waals surface area (Å²) in [5.41, 5.74) is 1.15. The summed E-state index contributed by atoms with van der Waals surface area (Å²) in [5, 5.41) is 12.2. The fourth-order valence-electron chi connectivity index (χ4n) is 3.56. The number of amides is 2. The summed E-state index contributed by atoms with van der Waals surface area (Å²) >= 11 is 1.38. The maximum Gasteiger partial charge on any atom is 0.230 e. The number of hydrogen-bond acceptors (Lipinski definition) is 6. The molecule has 168 valence electrons. The van der Waals surface area contributed by atoms with Gasteiger partial charge in [0, 0.05) is 26.1 Å². The first-order valence-electron chi connectivity index (χ1n) is 10.8. The molecule has 0 saturated carbocycles. The molecule has 1 aliphatic heterocycles. The maximum atomic E-state index is 12.3. The third kappa shape index (κ3) is 6.72. The second-order valence-corrected chi connectivity index (χ2v) is 8.45. The predicted octanol–water partition coefficient (Wildman–Crippen LogP) is 2.66. The molecule has 0 radical (unpaired) electrons. The number of nitrogens with one attached hydrogen (secondary N) is 1. The Bertz CT molecular complexity index is 869. The van der Waals surface area contributed by atoms with Crippen LogP contribution in [-0.2, 0) is 29.1 Å². The van der Waals surface area contributed by atoms with Crippen molar-refractivity contribution in [3.63, 3.8) is 0 Å². The van der Waals surface area contributed by atoms with Gasteiger partial charge >= 0.3 is 0 Å². The molecule has 0 spiro atoms. The van der Waals surface area contributed by atoms with Gasteiger partial charge in [-0.3, -0.25) is 9.59 Å². The number of thioether (sulfide) groups is 1. The largest absolute Gasteiger partial charge is 0.497 e. The van der Waals surface area contributed by atoms with E-state index >= 15 is 0 Å². The highest BCUT2D eigenvalue weighted by Gasteiger charge is 2.21. The SMILES string of the molecule is CCn1c(CN2CCCCCC2=O)nnc1SCC(=O)NCCc1ccc(OC)cc1. The van der Waals surface area contributed by atoms with Crippen LogP contribution in [0.15, 0.2) is 29.4 Å². The van der Waals surface area contributed by atoms with Crippen molar-refractivity contribution in [2.24, 2.45) is 0 Å². The normalized spacial score (nSPS) is 14.4. The predicted molar refractivity (Wildman–Crippen MR) is 120 cm³/mol. The van der Waals surface area contributed by atoms with Gasteiger partial charge in [-0.05, 0) is 43.9 Å². The first-order chi connectivity index (χ1) is 15.1. The van der Waals surface area contributed by atoms with Crippen LogP contribution in [0.2, 0.25) is 0 Å². The Morgan fingerprint density at radius 3 is 2.74 bits per heavy atom. The second kappa shape index (κ2) is 11.7. The lowest BCUT2D eigenvalue weighted by molar-refractivity contribution is -0.131. The standard InChI is InChI=1S/C22H31N5O3S/c1-3-27-19(15-26-14-6-4-5-7-21(26)29)24-25-22(27)31-16-20(28)23-13-12-17-8-10-18(30-2)11-9-17/h8-11H,3-7,12-16H2,1-2H3,(H,23,28). The Balaban J connectivity index is 1.47. The Hall–Kier alpha value is -2.55. The molecule has 2 heterocycles. The lowest BCUT2D eigenvalue weighted by atomic mass is 10.1. The van der Waals surface area contributed by atoms with Crippen LogP contribution in [0.1, 0.15) is 44.0 Å². The number of carbonyl (C=O) groups excluding carboxylic acids is 2. The quantitative estimate of drug-likeness (QED) is 0.566. The highest BCUT2D eigenvalue weighted by atomic mass is 32.2. The van der Waals surface area contributed by atoms with E-state index in [1.54, 1.807) is 7.11 Å². The number of rotatable bonds is 10. The highest BCUT2D eigenvalue weighted by molar-refractivity contribution is 7.99. The molecule has 1 saturated heterocycles. The Kier molecular flexibility index (Phi) is 8.75. The van der Waals surface area contributed by atoms with E-state index in [2.05, 4.69) is 15.5 Å². The van der Waals surface area contributed by atoms with E-state index in [1.165, 1.54) is 11.8 Å². The minimum Gasteiger partial charge on any atom is -0.497 e. The molecule has 0 aliphatic carbocycles. The zero-order valence-corrected chi connectivity index (χ0v) is 19.1. The number of nitrogens with zero attached hydrogens (tertiary/aromatic N) is 4. The van der Waals surface area contributed by atoms with E-state index < -0.39 is 0 Å². The second-order valence-electron chi connectivity index (χ2n) is 7.51. The Morgan fingerprint density at radius 2 is 2.00 bits per heavy atom. The zero-order valence-electron chi connectivity index (χ0n) is 18.3. The van der Waals surface area contributed by atoms with Gasteiger partial charge < -0.3 is 19.5 Å². The van der Waals surface area contributed by atoms with Crippen LogP contribution in [0.3, 0.4) is 0 Å². The van der Waals surface area contributed by atoms with Gasteiger partial charge in [-0.15, -0.1) is 10.2 Å². The number of ether oxygens (including phenoxy) is 1. The van der Waals surface area contributed by atoms with E-state index in [4.69, 9.17) is 4.74 Å². The lowest BCUT2D eigenvalue weighted by Crippen LogP contribution is -2.31. The van der Waals surface area contributed by atoms with Crippen LogP contribution in [0.5, 0.6) is 5.75 Å². The topological polar surface area (TPSA) is 89.4 Å². The summed E-state index contributed by atoms with van der Waals surface area (Å²) in [6, 6.07) is 7.84. The number of hydrogen-bond donors (Lipinski definition) is 1. The van der Waals surface area contributed by atoms with Crippen molar-refractivity contribution < 1.29 is 14.3 Å². The van der Waals surface area contributed by atoms with Crippen LogP contribution < -0.4 is 10.1 Å². The molecular formula is C22H31N5O3S. The first kappa shape index (κ1) is 23.1. The van der Waals surface area contributed by atoms with Crippen LogP contribution in [-0.4, -0.2) is 57.4 Å². The van der Waals surface area contributed by atoms with E-state index in [-0.39, 0.29) is 17.6 Å². The molecule has 1 aliphatic rings. The number of benzene rings is 1. The molecule has 9 heteroatoms. The van der Waals surface area contributed by atoms with Crippen LogP contribution in [0, 0.1) is 0 Å². The molecule has 1 N–H and O–H groups in total. The van der Waals surface area contributed by atoms with Crippen molar-refractivity contribution in [1.82, 2.24) is 25.0 Å². The lowest BCUT2D eigenvalue weighted by Gasteiger charge is -2.20. The monoisotopic (exact) mass is 445 g/mol. The third-order valence-corrected chi connectivity index (χ3v) is 6.31. The molecule has 31 heavy (non-hydrogen) atoms. The number of carbonyl (C=O) groups is 2. The smallest absolute Gasteiger partial charge is 0.230 e. The van der Waals surface area contributed by atoms with E-state index in [0.717, 1.165) is 49.4 Å². The zero-order chi connectivity index (χ0) is 22.1. The van der Waals surface area contributed by atoms with Crippen molar-refractivity contribution in [1.29, 1.82) is 0 Å². The molecule has 0 bridgehead atoms. The molecule has 3 rings (SSSR count). The van der Waals surface area contributed by atoms with Crippen LogP contribution >= 0.6 is 11.8 Å². The van der Waals surface area contributed by atoms with Gasteiger partial charge in [0.25, 0.3) is 0 Å². The van der Waals surface area contributed by atoms with Crippen molar-refractivity contribution in [2.75, 3.05) is 26.0 Å². The first-order valence-corrected chi connectivity index (χ1v) is 11.8. The fraction of sp³-hybridized carbons (Fsp3) is 0.545. The van der Waals surface area contributed by atoms with Gasteiger partial charge in [0.2, 0.25) is 11.8 Å². The summed E-state index contributed by atoms with van der Waals surface area (Å²) in [5.74, 6) is 2.04. The average molecular weight is 446 g/mol. The van der Waals surface area contributed by atoms with Gasteiger partial charge in [-0.1, -0.05) is 30.3 Å². The molecule has 1 aromatic carbocycles. The molecule has 0 unspecified atom stereocenters. The molecule has 0 atom stereocenters. The molecule has 2 amide bonds. The number of aromatic nitrogens is 3. The van der Waals surface area contributed by atoms with Crippen molar-refractivity contribution in [3.8, 4) is 5.75 Å². The van der Waals surface area contributed by atoms with Crippen LogP contribution in [0.4, 0.5) is 0 Å². The van der Waals surface area contributed by atoms with Crippen molar-refractivity contribution in [3.05, 3.63) is 35.7 Å². The minimum atomic E-state index is -0.0339. The molecule has 8 nitrogen and oxygen atoms in total. The Morgan fingerprint density at radius 1 is 1.19 bits per heavy atom. The molecular weight excluding hydrogens is 414 g/mol. The van der Waals surface area contributed by atoms with Gasteiger partial charge in [0.1, 0.15) is 5.75 Å². The van der Waals surface area contributed by atoms with Crippen molar-refractivity contribution in [2.45, 2.75) is 57.3 Å². The molecule has 2 aromatic rings. The summed E-state index contributed by atoms with van der Waals surface area (Å²) < 4.78 is 7.15. The van der Waals surface area contributed by atoms with E-state index in [0.29, 0.717) is 31.2 Å². The van der Waals surface area contributed by atoms with E-state index in [1.807, 2.05) is 40.7 Å². The Labute approximate surface area is 187 Å². The minimum absolute atomic E-state index is 0.0339. The highest BCUT2D eigenvalue weighted by Crippen LogP contribution is 2.19. The maximum absolute atomic E-state index is 12.3. The van der Waals surface area contributed by atoms with Gasteiger partial charge in [0.05, 0.1) is 19.4 Å². The van der Waals surface area contributed by atoms with Gasteiger partial charge in [0.15, 0.2) is 11.0 Å². The average Bonchev–Trinajstić information content (AvgIpc) is 3.06. The van der Waals surface area contributed by atoms with Gasteiger partial charge in [-0.2, -0.15) is 0 Å².